The highest BCUT2D eigenvalue weighted by atomic mass is 16.6. The molecule has 0 aliphatic heterocycles. The van der Waals surface area contributed by atoms with Crippen LogP contribution in [-0.2, 0) is 30.3 Å². The number of aromatic nitrogens is 4. The van der Waals surface area contributed by atoms with E-state index in [0.717, 1.165) is 11.1 Å². The van der Waals surface area contributed by atoms with Crippen molar-refractivity contribution in [2.45, 2.75) is 19.9 Å². The Labute approximate surface area is 188 Å². The van der Waals surface area contributed by atoms with Gasteiger partial charge in [0.25, 0.3) is 0 Å². The van der Waals surface area contributed by atoms with E-state index in [1.807, 2.05) is 24.3 Å². The zero-order valence-corrected chi connectivity index (χ0v) is 18.5. The molecule has 0 aliphatic carbocycles. The fourth-order valence-corrected chi connectivity index (χ4v) is 2.47. The molecular formula is C21H32N6O5. The summed E-state index contributed by atoms with van der Waals surface area (Å²) in [6.07, 6.45) is 0.290. The predicted molar refractivity (Wildman–Crippen MR) is 117 cm³/mol. The second-order valence-electron chi connectivity index (χ2n) is 6.73. The summed E-state index contributed by atoms with van der Waals surface area (Å²) in [4.78, 5) is 11.9. The number of hydrogen-bond donors (Lipinski definition) is 2. The van der Waals surface area contributed by atoms with Crippen LogP contribution in [0.25, 0.3) is 11.4 Å². The molecule has 0 atom stereocenters. The Morgan fingerprint density at radius 2 is 1.34 bits per heavy atom. The van der Waals surface area contributed by atoms with Crippen LogP contribution in [0.1, 0.15) is 17.8 Å². The van der Waals surface area contributed by atoms with E-state index in [1.165, 1.54) is 0 Å². The molecule has 3 N–H and O–H groups in total. The summed E-state index contributed by atoms with van der Waals surface area (Å²) in [5.41, 5.74) is 7.10. The molecule has 0 spiro atoms. The van der Waals surface area contributed by atoms with Gasteiger partial charge >= 0.3 is 0 Å². The maximum atomic E-state index is 11.9. The molecule has 0 unspecified atom stereocenters. The highest BCUT2D eigenvalue weighted by Crippen LogP contribution is 2.13. The molecule has 2 rings (SSSR count). The minimum atomic E-state index is -0.0736. The first-order chi connectivity index (χ1) is 15.7. The van der Waals surface area contributed by atoms with Gasteiger partial charge in [0.1, 0.15) is 0 Å². The van der Waals surface area contributed by atoms with Crippen molar-refractivity contribution in [2.24, 2.45) is 5.73 Å². The van der Waals surface area contributed by atoms with Gasteiger partial charge in [-0.25, -0.2) is 0 Å². The van der Waals surface area contributed by atoms with Crippen LogP contribution in [-0.4, -0.2) is 85.7 Å². The van der Waals surface area contributed by atoms with Crippen LogP contribution in [0.3, 0.4) is 0 Å². The Hall–Kier alpha value is -2.57. The van der Waals surface area contributed by atoms with Gasteiger partial charge < -0.3 is 30.0 Å². The summed E-state index contributed by atoms with van der Waals surface area (Å²) in [5.74, 6) is 0.915. The van der Waals surface area contributed by atoms with Crippen molar-refractivity contribution in [3.05, 3.63) is 35.7 Å². The molecule has 1 aromatic carbocycles. The lowest BCUT2D eigenvalue weighted by Crippen LogP contribution is -2.24. The Morgan fingerprint density at radius 1 is 0.812 bits per heavy atom. The lowest BCUT2D eigenvalue weighted by molar-refractivity contribution is -0.122. The number of rotatable bonds is 17. The van der Waals surface area contributed by atoms with Crippen LogP contribution >= 0.6 is 0 Å². The SMILES string of the molecule is Cc1nnc(-c2ccc(CNC(=O)CCOCCOCCOCCOCCN)cc2)nn1. The highest BCUT2D eigenvalue weighted by Gasteiger charge is 2.05. The fraction of sp³-hybridized carbons (Fsp3) is 0.571. The van der Waals surface area contributed by atoms with Gasteiger partial charge in [0.05, 0.1) is 52.9 Å². The summed E-state index contributed by atoms with van der Waals surface area (Å²) in [5, 5.41) is 18.7. The summed E-state index contributed by atoms with van der Waals surface area (Å²) in [6.45, 7) is 6.50. The van der Waals surface area contributed by atoms with Gasteiger partial charge in [-0.1, -0.05) is 24.3 Å². The maximum Gasteiger partial charge on any atom is 0.222 e. The number of amides is 1. The Morgan fingerprint density at radius 3 is 1.91 bits per heavy atom. The van der Waals surface area contributed by atoms with E-state index in [2.05, 4.69) is 25.7 Å². The number of carbonyl (C=O) groups is 1. The molecule has 32 heavy (non-hydrogen) atoms. The van der Waals surface area contributed by atoms with Gasteiger partial charge in [-0.05, 0) is 12.5 Å². The van der Waals surface area contributed by atoms with E-state index in [4.69, 9.17) is 24.7 Å². The second-order valence-corrected chi connectivity index (χ2v) is 6.73. The normalized spacial score (nSPS) is 10.9. The number of aryl methyl sites for hydroxylation is 1. The van der Waals surface area contributed by atoms with Crippen LogP contribution in [0, 0.1) is 6.92 Å². The molecular weight excluding hydrogens is 416 g/mol. The van der Waals surface area contributed by atoms with Crippen LogP contribution in [0.15, 0.2) is 24.3 Å². The average Bonchev–Trinajstić information content (AvgIpc) is 2.81. The first-order valence-corrected chi connectivity index (χ1v) is 10.6. The fourth-order valence-electron chi connectivity index (χ4n) is 2.47. The third-order valence-corrected chi connectivity index (χ3v) is 4.13. The zero-order valence-electron chi connectivity index (χ0n) is 18.5. The van der Waals surface area contributed by atoms with Crippen molar-refractivity contribution in [2.75, 3.05) is 59.4 Å². The van der Waals surface area contributed by atoms with Crippen molar-refractivity contribution in [1.29, 1.82) is 0 Å². The first-order valence-electron chi connectivity index (χ1n) is 10.6. The minimum Gasteiger partial charge on any atom is -0.379 e. The monoisotopic (exact) mass is 448 g/mol. The van der Waals surface area contributed by atoms with E-state index in [1.54, 1.807) is 6.92 Å². The van der Waals surface area contributed by atoms with E-state index in [0.29, 0.717) is 84.0 Å². The molecule has 0 fully saturated rings. The smallest absolute Gasteiger partial charge is 0.222 e. The van der Waals surface area contributed by atoms with E-state index in [-0.39, 0.29) is 5.91 Å². The topological polar surface area (TPSA) is 144 Å². The summed E-state index contributed by atoms with van der Waals surface area (Å²) in [7, 11) is 0. The summed E-state index contributed by atoms with van der Waals surface area (Å²) < 4.78 is 21.3. The maximum absolute atomic E-state index is 11.9. The summed E-state index contributed by atoms with van der Waals surface area (Å²) >= 11 is 0. The summed E-state index contributed by atoms with van der Waals surface area (Å²) in [6, 6.07) is 7.56. The number of hydrogen-bond acceptors (Lipinski definition) is 10. The minimum absolute atomic E-state index is 0.0736. The predicted octanol–water partition coefficient (Wildman–Crippen LogP) is 0.273. The molecule has 1 aromatic heterocycles. The highest BCUT2D eigenvalue weighted by molar-refractivity contribution is 5.75. The van der Waals surface area contributed by atoms with E-state index < -0.39 is 0 Å². The van der Waals surface area contributed by atoms with Gasteiger partial charge in [-0.2, -0.15) is 0 Å². The van der Waals surface area contributed by atoms with Crippen LogP contribution in [0.4, 0.5) is 0 Å². The molecule has 0 saturated heterocycles. The lowest BCUT2D eigenvalue weighted by Gasteiger charge is -2.08. The Balaban J connectivity index is 1.46. The van der Waals surface area contributed by atoms with Crippen molar-refractivity contribution in [3.63, 3.8) is 0 Å². The molecule has 0 bridgehead atoms. The first kappa shape index (κ1) is 25.7. The van der Waals surface area contributed by atoms with Crippen LogP contribution < -0.4 is 11.1 Å². The molecule has 1 amide bonds. The van der Waals surface area contributed by atoms with E-state index in [9.17, 15) is 4.79 Å². The number of nitrogens with two attached hydrogens (primary N) is 1. The zero-order chi connectivity index (χ0) is 22.9. The molecule has 0 saturated carbocycles. The third-order valence-electron chi connectivity index (χ3n) is 4.13. The van der Waals surface area contributed by atoms with Gasteiger partial charge in [0.2, 0.25) is 11.7 Å². The van der Waals surface area contributed by atoms with Gasteiger partial charge in [0, 0.05) is 25.1 Å². The number of nitrogens with one attached hydrogen (secondary N) is 1. The molecule has 0 radical (unpaired) electrons. The van der Waals surface area contributed by atoms with Gasteiger partial charge in [0.15, 0.2) is 5.82 Å². The lowest BCUT2D eigenvalue weighted by atomic mass is 10.1. The van der Waals surface area contributed by atoms with Crippen molar-refractivity contribution < 1.29 is 23.7 Å². The number of carbonyl (C=O) groups excluding carboxylic acids is 1. The van der Waals surface area contributed by atoms with E-state index >= 15 is 0 Å². The second kappa shape index (κ2) is 16.1. The van der Waals surface area contributed by atoms with Gasteiger partial charge in [-0.3, -0.25) is 4.79 Å². The molecule has 11 heteroatoms. The third kappa shape index (κ3) is 11.2. The molecule has 0 aliphatic rings. The number of nitrogens with zero attached hydrogens (tertiary/aromatic N) is 4. The molecule has 1 heterocycles. The van der Waals surface area contributed by atoms with Gasteiger partial charge in [-0.15, -0.1) is 20.4 Å². The molecule has 176 valence electrons. The average molecular weight is 449 g/mol. The van der Waals surface area contributed by atoms with Crippen LogP contribution in [0.5, 0.6) is 0 Å². The number of benzene rings is 1. The Kier molecular flexibility index (Phi) is 12.9. The largest absolute Gasteiger partial charge is 0.379 e. The Bertz CT molecular complexity index is 760. The van der Waals surface area contributed by atoms with Crippen molar-refractivity contribution in [1.82, 2.24) is 25.7 Å². The quantitative estimate of drug-likeness (QED) is 0.324. The van der Waals surface area contributed by atoms with Crippen molar-refractivity contribution in [3.8, 4) is 11.4 Å². The van der Waals surface area contributed by atoms with Crippen molar-refractivity contribution >= 4 is 5.91 Å². The van der Waals surface area contributed by atoms with Crippen LogP contribution in [0.2, 0.25) is 0 Å². The standard InChI is InChI=1S/C21H32N6O5/c1-17-24-26-21(27-25-17)19-4-2-18(3-5-19)16-23-20(28)6-8-29-10-12-31-14-15-32-13-11-30-9-7-22/h2-5H,6-16,22H2,1H3,(H,23,28). The number of ether oxygens (including phenoxy) is 4. The molecule has 2 aromatic rings. The molecule has 11 nitrogen and oxygen atoms in total.